The molecule has 1 aromatic heterocycles. The zero-order valence-corrected chi connectivity index (χ0v) is 10.6. The molecule has 1 heterocycles. The average Bonchev–Trinajstić information content (AvgIpc) is 2.40. The van der Waals surface area contributed by atoms with Crippen LogP contribution in [0.3, 0.4) is 0 Å². The van der Waals surface area contributed by atoms with Gasteiger partial charge in [-0.1, -0.05) is 0 Å². The number of nitrogens with one attached hydrogen (secondary N) is 1. The zero-order valence-electron chi connectivity index (χ0n) is 10.6. The molecular formula is C14H12N2O4. The molecule has 0 aliphatic rings. The number of rotatable bonds is 3. The van der Waals surface area contributed by atoms with Gasteiger partial charge >= 0.3 is 5.97 Å². The lowest BCUT2D eigenvalue weighted by atomic mass is 10.1. The smallest absolute Gasteiger partial charge is 0.335 e. The van der Waals surface area contributed by atoms with Crippen molar-refractivity contribution in [2.24, 2.45) is 0 Å². The number of aromatic carboxylic acids is 1. The fraction of sp³-hybridized carbons (Fsp3) is 0.0714. The van der Waals surface area contributed by atoms with E-state index in [-0.39, 0.29) is 17.0 Å². The SMILES string of the molecule is Cc1cc(C(=O)Nc2ccc(C(=O)O)cc2O)ccn1. The Morgan fingerprint density at radius 1 is 1.15 bits per heavy atom. The highest BCUT2D eigenvalue weighted by atomic mass is 16.4. The maximum absolute atomic E-state index is 12.0. The molecule has 0 radical (unpaired) electrons. The molecule has 0 fully saturated rings. The van der Waals surface area contributed by atoms with Crippen LogP contribution in [0, 0.1) is 6.92 Å². The minimum Gasteiger partial charge on any atom is -0.506 e. The van der Waals surface area contributed by atoms with Gasteiger partial charge in [-0.2, -0.15) is 0 Å². The number of carboxylic acid groups (broad SMARTS) is 1. The van der Waals surface area contributed by atoms with Crippen LogP contribution in [0.2, 0.25) is 0 Å². The molecule has 1 amide bonds. The van der Waals surface area contributed by atoms with E-state index in [4.69, 9.17) is 5.11 Å². The molecular weight excluding hydrogens is 260 g/mol. The number of amides is 1. The van der Waals surface area contributed by atoms with Gasteiger partial charge in [-0.3, -0.25) is 9.78 Å². The average molecular weight is 272 g/mol. The van der Waals surface area contributed by atoms with Crippen LogP contribution in [0.4, 0.5) is 5.69 Å². The number of aromatic hydroxyl groups is 1. The van der Waals surface area contributed by atoms with Crippen molar-refractivity contribution < 1.29 is 19.8 Å². The number of carbonyl (C=O) groups excluding carboxylic acids is 1. The Bertz CT molecular complexity index is 683. The van der Waals surface area contributed by atoms with Crippen LogP contribution < -0.4 is 5.32 Å². The lowest BCUT2D eigenvalue weighted by Gasteiger charge is -2.08. The Balaban J connectivity index is 2.22. The molecule has 2 rings (SSSR count). The van der Waals surface area contributed by atoms with Crippen molar-refractivity contribution in [1.82, 2.24) is 4.98 Å². The first-order valence-electron chi connectivity index (χ1n) is 5.77. The van der Waals surface area contributed by atoms with E-state index in [0.29, 0.717) is 11.3 Å². The van der Waals surface area contributed by atoms with Gasteiger partial charge in [0.1, 0.15) is 5.75 Å². The third-order valence-electron chi connectivity index (χ3n) is 2.65. The van der Waals surface area contributed by atoms with Gasteiger partial charge in [-0.25, -0.2) is 4.79 Å². The second kappa shape index (κ2) is 5.40. The molecule has 1 aromatic carbocycles. The summed E-state index contributed by atoms with van der Waals surface area (Å²) < 4.78 is 0. The highest BCUT2D eigenvalue weighted by Gasteiger charge is 2.11. The fourth-order valence-electron chi connectivity index (χ4n) is 1.65. The number of carbonyl (C=O) groups is 2. The second-order valence-electron chi connectivity index (χ2n) is 4.18. The fourth-order valence-corrected chi connectivity index (χ4v) is 1.65. The maximum atomic E-state index is 12.0. The van der Waals surface area contributed by atoms with Crippen molar-refractivity contribution in [3.05, 3.63) is 53.3 Å². The first-order chi connectivity index (χ1) is 9.47. The number of benzene rings is 1. The molecule has 0 bridgehead atoms. The van der Waals surface area contributed by atoms with Crippen molar-refractivity contribution in [2.75, 3.05) is 5.32 Å². The summed E-state index contributed by atoms with van der Waals surface area (Å²) in [4.78, 5) is 26.7. The number of carboxylic acids is 1. The number of phenolic OH excluding ortho intramolecular Hbond substituents is 1. The van der Waals surface area contributed by atoms with Crippen LogP contribution in [-0.2, 0) is 0 Å². The van der Waals surface area contributed by atoms with Crippen LogP contribution in [0.25, 0.3) is 0 Å². The van der Waals surface area contributed by atoms with Gasteiger partial charge < -0.3 is 15.5 Å². The van der Waals surface area contributed by atoms with E-state index in [9.17, 15) is 14.7 Å². The Morgan fingerprint density at radius 2 is 1.90 bits per heavy atom. The number of hydrogen-bond acceptors (Lipinski definition) is 4. The predicted molar refractivity (Wildman–Crippen MR) is 72.0 cm³/mol. The monoisotopic (exact) mass is 272 g/mol. The largest absolute Gasteiger partial charge is 0.506 e. The summed E-state index contributed by atoms with van der Waals surface area (Å²) in [7, 11) is 0. The Hall–Kier alpha value is -2.89. The van der Waals surface area contributed by atoms with Crippen LogP contribution in [-0.4, -0.2) is 27.1 Å². The molecule has 3 N–H and O–H groups in total. The van der Waals surface area contributed by atoms with Crippen molar-refractivity contribution >= 4 is 17.6 Å². The summed E-state index contributed by atoms with van der Waals surface area (Å²) >= 11 is 0. The molecule has 0 atom stereocenters. The third-order valence-corrected chi connectivity index (χ3v) is 2.65. The van der Waals surface area contributed by atoms with E-state index in [1.54, 1.807) is 19.1 Å². The van der Waals surface area contributed by atoms with Crippen molar-refractivity contribution in [2.45, 2.75) is 6.92 Å². The number of nitrogens with zero attached hydrogens (tertiary/aromatic N) is 1. The first kappa shape index (κ1) is 13.5. The summed E-state index contributed by atoms with van der Waals surface area (Å²) in [5.74, 6) is -1.86. The number of hydrogen-bond donors (Lipinski definition) is 3. The number of phenols is 1. The number of anilines is 1. The lowest BCUT2D eigenvalue weighted by molar-refractivity contribution is 0.0696. The Kier molecular flexibility index (Phi) is 3.65. The molecule has 6 nitrogen and oxygen atoms in total. The van der Waals surface area contributed by atoms with E-state index >= 15 is 0 Å². The highest BCUT2D eigenvalue weighted by molar-refractivity contribution is 6.05. The molecule has 102 valence electrons. The molecule has 0 saturated heterocycles. The van der Waals surface area contributed by atoms with Crippen molar-refractivity contribution in [3.63, 3.8) is 0 Å². The summed E-state index contributed by atoms with van der Waals surface area (Å²) in [6, 6.07) is 6.87. The zero-order chi connectivity index (χ0) is 14.7. The normalized spacial score (nSPS) is 10.1. The van der Waals surface area contributed by atoms with Crippen LogP contribution >= 0.6 is 0 Å². The second-order valence-corrected chi connectivity index (χ2v) is 4.18. The molecule has 0 unspecified atom stereocenters. The molecule has 2 aromatic rings. The van der Waals surface area contributed by atoms with Gasteiger partial charge in [0.05, 0.1) is 11.3 Å². The molecule has 20 heavy (non-hydrogen) atoms. The first-order valence-corrected chi connectivity index (χ1v) is 5.77. The van der Waals surface area contributed by atoms with E-state index in [0.717, 1.165) is 6.07 Å². The van der Waals surface area contributed by atoms with Gasteiger partial charge in [0, 0.05) is 17.5 Å². The summed E-state index contributed by atoms with van der Waals surface area (Å²) in [6.45, 7) is 1.76. The third kappa shape index (κ3) is 2.92. The summed E-state index contributed by atoms with van der Waals surface area (Å²) in [5, 5.41) is 21.0. The molecule has 0 aliphatic carbocycles. The summed E-state index contributed by atoms with van der Waals surface area (Å²) in [5.41, 5.74) is 1.19. The maximum Gasteiger partial charge on any atom is 0.335 e. The van der Waals surface area contributed by atoms with E-state index in [2.05, 4.69) is 10.3 Å². The van der Waals surface area contributed by atoms with Gasteiger partial charge in [0.15, 0.2) is 0 Å². The van der Waals surface area contributed by atoms with E-state index in [1.165, 1.54) is 18.3 Å². The molecule has 0 saturated carbocycles. The molecule has 0 spiro atoms. The standard InChI is InChI=1S/C14H12N2O4/c1-8-6-9(4-5-15-8)13(18)16-11-3-2-10(14(19)20)7-12(11)17/h2-7,17H,1H3,(H,16,18)(H,19,20). The summed E-state index contributed by atoms with van der Waals surface area (Å²) in [6.07, 6.45) is 1.51. The minimum atomic E-state index is -1.15. The van der Waals surface area contributed by atoms with Gasteiger partial charge in [0.2, 0.25) is 0 Å². The highest BCUT2D eigenvalue weighted by Crippen LogP contribution is 2.24. The molecule has 6 heteroatoms. The van der Waals surface area contributed by atoms with Crippen LogP contribution in [0.5, 0.6) is 5.75 Å². The minimum absolute atomic E-state index is 0.0553. The van der Waals surface area contributed by atoms with Crippen molar-refractivity contribution in [1.29, 1.82) is 0 Å². The Labute approximate surface area is 114 Å². The van der Waals surface area contributed by atoms with Crippen LogP contribution in [0.1, 0.15) is 26.4 Å². The topological polar surface area (TPSA) is 99.5 Å². The van der Waals surface area contributed by atoms with E-state index in [1.807, 2.05) is 0 Å². The number of aromatic nitrogens is 1. The predicted octanol–water partition coefficient (Wildman–Crippen LogP) is 2.05. The number of pyridine rings is 1. The van der Waals surface area contributed by atoms with Gasteiger partial charge in [-0.15, -0.1) is 0 Å². The van der Waals surface area contributed by atoms with Crippen molar-refractivity contribution in [3.8, 4) is 5.75 Å². The quantitative estimate of drug-likeness (QED) is 0.742. The number of aryl methyl sites for hydroxylation is 1. The lowest BCUT2D eigenvalue weighted by Crippen LogP contribution is -2.12. The van der Waals surface area contributed by atoms with Crippen LogP contribution in [0.15, 0.2) is 36.5 Å². The Morgan fingerprint density at radius 3 is 2.50 bits per heavy atom. The van der Waals surface area contributed by atoms with Gasteiger partial charge in [0.25, 0.3) is 5.91 Å². The van der Waals surface area contributed by atoms with Gasteiger partial charge in [-0.05, 0) is 37.3 Å². The van der Waals surface area contributed by atoms with E-state index < -0.39 is 11.9 Å². The molecule has 0 aliphatic heterocycles.